The molecule has 0 unspecified atom stereocenters. The summed E-state index contributed by atoms with van der Waals surface area (Å²) in [6.07, 6.45) is 1.72. The van der Waals surface area contributed by atoms with E-state index in [0.29, 0.717) is 10.5 Å². The van der Waals surface area contributed by atoms with E-state index >= 15 is 0 Å². The first-order valence-corrected chi connectivity index (χ1v) is 7.05. The predicted octanol–water partition coefficient (Wildman–Crippen LogP) is 2.29. The third-order valence-corrected chi connectivity index (χ3v) is 3.74. The van der Waals surface area contributed by atoms with Crippen molar-refractivity contribution in [2.45, 2.75) is 12.8 Å². The predicted molar refractivity (Wildman–Crippen MR) is 77.7 cm³/mol. The number of benzene rings is 1. The van der Waals surface area contributed by atoms with Crippen LogP contribution in [-0.4, -0.2) is 38.8 Å². The van der Waals surface area contributed by atoms with Crippen LogP contribution >= 0.6 is 11.8 Å². The normalized spacial score (nSPS) is 16.8. The van der Waals surface area contributed by atoms with Crippen molar-refractivity contribution in [3.05, 3.63) is 34.7 Å². The average Bonchev–Trinajstić information content (AvgIpc) is 2.68. The van der Waals surface area contributed by atoms with Crippen LogP contribution in [0.3, 0.4) is 0 Å². The molecule has 2 rings (SSSR count). The minimum Gasteiger partial charge on any atom is -0.508 e. The van der Waals surface area contributed by atoms with Gasteiger partial charge in [0.15, 0.2) is 0 Å². The van der Waals surface area contributed by atoms with Crippen molar-refractivity contribution in [1.29, 1.82) is 0 Å². The molecule has 1 heterocycles. The number of amides is 2. The number of aliphatic carboxylic acids is 1. The minimum absolute atomic E-state index is 0.0846. The fourth-order valence-electron chi connectivity index (χ4n) is 1.80. The van der Waals surface area contributed by atoms with Crippen molar-refractivity contribution >= 4 is 35.0 Å². The number of imide groups is 1. The molecule has 2 N–H and O–H groups in total. The van der Waals surface area contributed by atoms with Crippen LogP contribution in [0.5, 0.6) is 5.75 Å². The number of carboxylic acids is 1. The first kappa shape index (κ1) is 15.1. The van der Waals surface area contributed by atoms with Gasteiger partial charge in [0.25, 0.3) is 11.1 Å². The zero-order chi connectivity index (χ0) is 15.4. The maximum absolute atomic E-state index is 12.1. The maximum Gasteiger partial charge on any atom is 0.303 e. The average molecular weight is 307 g/mol. The highest BCUT2D eigenvalue weighted by Crippen LogP contribution is 2.32. The van der Waals surface area contributed by atoms with Gasteiger partial charge < -0.3 is 10.2 Å². The summed E-state index contributed by atoms with van der Waals surface area (Å²) in [5, 5.41) is 17.4. The number of phenolic OH excluding ortho intramolecular Hbond substituents is 1. The molecule has 0 bridgehead atoms. The van der Waals surface area contributed by atoms with Crippen LogP contribution in [0.1, 0.15) is 18.4 Å². The smallest absolute Gasteiger partial charge is 0.303 e. The van der Waals surface area contributed by atoms with Crippen LogP contribution in [0.15, 0.2) is 29.2 Å². The lowest BCUT2D eigenvalue weighted by atomic mass is 10.2. The number of thioether (sulfide) groups is 1. The molecule has 1 fully saturated rings. The summed E-state index contributed by atoms with van der Waals surface area (Å²) in [4.78, 5) is 35.6. The molecule has 0 aromatic heterocycles. The zero-order valence-corrected chi connectivity index (χ0v) is 11.8. The molecule has 0 aliphatic carbocycles. The largest absolute Gasteiger partial charge is 0.508 e. The summed E-state index contributed by atoms with van der Waals surface area (Å²) in [7, 11) is 0. The fraction of sp³-hybridized carbons (Fsp3) is 0.214. The van der Waals surface area contributed by atoms with Crippen molar-refractivity contribution < 1.29 is 24.6 Å². The molecule has 2 amide bonds. The van der Waals surface area contributed by atoms with Crippen LogP contribution in [0.4, 0.5) is 4.79 Å². The number of hydrogen-bond acceptors (Lipinski definition) is 5. The van der Waals surface area contributed by atoms with Gasteiger partial charge >= 0.3 is 5.97 Å². The molecule has 0 spiro atoms. The van der Waals surface area contributed by atoms with Gasteiger partial charge in [-0.2, -0.15) is 0 Å². The molecule has 110 valence electrons. The number of aromatic hydroxyl groups is 1. The molecule has 0 saturated carbocycles. The number of carbonyl (C=O) groups is 3. The molecule has 1 aromatic carbocycles. The van der Waals surface area contributed by atoms with Crippen molar-refractivity contribution in [2.24, 2.45) is 0 Å². The number of nitrogens with zero attached hydrogens (tertiary/aromatic N) is 1. The first-order valence-electron chi connectivity index (χ1n) is 6.23. The van der Waals surface area contributed by atoms with E-state index in [1.165, 1.54) is 12.1 Å². The second kappa shape index (κ2) is 6.45. The van der Waals surface area contributed by atoms with Gasteiger partial charge in [0.1, 0.15) is 5.75 Å². The Hall–Kier alpha value is -2.28. The van der Waals surface area contributed by atoms with Crippen LogP contribution < -0.4 is 0 Å². The van der Waals surface area contributed by atoms with E-state index in [1.807, 2.05) is 0 Å². The monoisotopic (exact) mass is 307 g/mol. The van der Waals surface area contributed by atoms with E-state index < -0.39 is 17.1 Å². The van der Waals surface area contributed by atoms with Gasteiger partial charge in [0, 0.05) is 13.0 Å². The maximum atomic E-state index is 12.1. The molecule has 1 aromatic rings. The number of hydrogen-bond donors (Lipinski definition) is 2. The summed E-state index contributed by atoms with van der Waals surface area (Å²) in [5.74, 6) is -1.25. The Morgan fingerprint density at radius 2 is 1.90 bits per heavy atom. The molecular formula is C14H13NO5S. The lowest BCUT2D eigenvalue weighted by molar-refractivity contribution is -0.137. The lowest BCUT2D eigenvalue weighted by Gasteiger charge is -2.10. The molecule has 6 nitrogen and oxygen atoms in total. The van der Waals surface area contributed by atoms with Gasteiger partial charge in [-0.05, 0) is 42.0 Å². The summed E-state index contributed by atoms with van der Waals surface area (Å²) in [6, 6.07) is 6.24. The number of rotatable bonds is 5. The van der Waals surface area contributed by atoms with Crippen LogP contribution in [0.25, 0.3) is 6.08 Å². The topological polar surface area (TPSA) is 94.9 Å². The SMILES string of the molecule is O=C(O)CCCN1C(=O)S/C(=C\c2ccc(O)cc2)C1=O. The Morgan fingerprint density at radius 3 is 2.52 bits per heavy atom. The van der Waals surface area contributed by atoms with Gasteiger partial charge in [-0.25, -0.2) is 0 Å². The molecule has 0 atom stereocenters. The Balaban J connectivity index is 2.06. The van der Waals surface area contributed by atoms with Crippen LogP contribution in [0.2, 0.25) is 0 Å². The number of phenols is 1. The van der Waals surface area contributed by atoms with Crippen molar-refractivity contribution in [1.82, 2.24) is 4.90 Å². The van der Waals surface area contributed by atoms with Crippen LogP contribution in [-0.2, 0) is 9.59 Å². The fourth-order valence-corrected chi connectivity index (χ4v) is 2.67. The highest BCUT2D eigenvalue weighted by atomic mass is 32.2. The van der Waals surface area contributed by atoms with Gasteiger partial charge in [-0.3, -0.25) is 19.3 Å². The Labute approximate surface area is 125 Å². The first-order chi connectivity index (χ1) is 9.97. The van der Waals surface area contributed by atoms with E-state index in [2.05, 4.69) is 0 Å². The summed E-state index contributed by atoms with van der Waals surface area (Å²) < 4.78 is 0. The molecule has 1 aliphatic rings. The Bertz CT molecular complexity index is 608. The molecule has 0 radical (unpaired) electrons. The highest BCUT2D eigenvalue weighted by molar-refractivity contribution is 8.18. The van der Waals surface area contributed by atoms with Crippen molar-refractivity contribution in [3.63, 3.8) is 0 Å². The van der Waals surface area contributed by atoms with Gasteiger partial charge in [0.2, 0.25) is 0 Å². The van der Waals surface area contributed by atoms with Gasteiger partial charge in [-0.1, -0.05) is 12.1 Å². The highest BCUT2D eigenvalue weighted by Gasteiger charge is 2.34. The zero-order valence-electron chi connectivity index (χ0n) is 11.0. The summed E-state index contributed by atoms with van der Waals surface area (Å²) >= 11 is 0.828. The lowest BCUT2D eigenvalue weighted by Crippen LogP contribution is -2.29. The summed E-state index contributed by atoms with van der Waals surface area (Å²) in [5.41, 5.74) is 0.698. The minimum atomic E-state index is -0.957. The molecule has 1 aliphatic heterocycles. The second-order valence-corrected chi connectivity index (χ2v) is 5.42. The van der Waals surface area contributed by atoms with E-state index in [-0.39, 0.29) is 25.1 Å². The van der Waals surface area contributed by atoms with Crippen molar-refractivity contribution in [2.75, 3.05) is 6.54 Å². The second-order valence-electron chi connectivity index (χ2n) is 4.42. The number of carboxylic acid groups (broad SMARTS) is 1. The molecular weight excluding hydrogens is 294 g/mol. The van der Waals surface area contributed by atoms with Crippen LogP contribution in [0, 0.1) is 0 Å². The standard InChI is InChI=1S/C14H13NO5S/c16-10-5-3-9(4-6-10)8-11-13(19)15(14(20)21-11)7-1-2-12(17)18/h3-6,8,16H,1-2,7H2,(H,17,18)/b11-8-. The van der Waals surface area contributed by atoms with E-state index in [4.69, 9.17) is 5.11 Å². The number of carbonyl (C=O) groups excluding carboxylic acids is 2. The molecule has 21 heavy (non-hydrogen) atoms. The Morgan fingerprint density at radius 1 is 1.24 bits per heavy atom. The quantitative estimate of drug-likeness (QED) is 0.810. The van der Waals surface area contributed by atoms with Gasteiger partial charge in [-0.15, -0.1) is 0 Å². The molecule has 7 heteroatoms. The third-order valence-electron chi connectivity index (χ3n) is 2.84. The molecule has 1 saturated heterocycles. The van der Waals surface area contributed by atoms with E-state index in [9.17, 15) is 19.5 Å². The van der Waals surface area contributed by atoms with E-state index in [0.717, 1.165) is 16.7 Å². The summed E-state index contributed by atoms with van der Waals surface area (Å²) in [6.45, 7) is 0.101. The van der Waals surface area contributed by atoms with Gasteiger partial charge in [0.05, 0.1) is 4.91 Å². The third kappa shape index (κ3) is 3.85. The van der Waals surface area contributed by atoms with Crippen molar-refractivity contribution in [3.8, 4) is 5.75 Å². The Kier molecular flexibility index (Phi) is 4.64. The van der Waals surface area contributed by atoms with E-state index in [1.54, 1.807) is 18.2 Å².